The van der Waals surface area contributed by atoms with Crippen LogP contribution in [-0.2, 0) is 0 Å². The average Bonchev–Trinajstić information content (AvgIpc) is 2.62. The van der Waals surface area contributed by atoms with E-state index in [9.17, 15) is 4.79 Å². The van der Waals surface area contributed by atoms with Gasteiger partial charge in [-0.3, -0.25) is 4.79 Å². The van der Waals surface area contributed by atoms with Crippen molar-refractivity contribution >= 4 is 22.1 Å². The van der Waals surface area contributed by atoms with Gasteiger partial charge in [0, 0.05) is 10.4 Å². The minimum Gasteiger partial charge on any atom is -0.390 e. The molecule has 1 aromatic heterocycles. The van der Waals surface area contributed by atoms with Crippen LogP contribution in [0.25, 0.3) is 0 Å². The molecule has 0 amide bonds. The number of carbonyl (C=O) groups excluding carboxylic acids is 1. The van der Waals surface area contributed by atoms with E-state index in [1.54, 1.807) is 0 Å². The van der Waals surface area contributed by atoms with E-state index >= 15 is 0 Å². The summed E-state index contributed by atoms with van der Waals surface area (Å²) in [5.41, 5.74) is 9.57. The van der Waals surface area contributed by atoms with Crippen molar-refractivity contribution in [3.63, 3.8) is 0 Å². The van der Waals surface area contributed by atoms with Crippen LogP contribution in [-0.4, -0.2) is 5.78 Å². The van der Waals surface area contributed by atoms with E-state index in [0.717, 1.165) is 10.4 Å². The number of thiophene rings is 1. The number of anilines is 1. The third-order valence-corrected chi connectivity index (χ3v) is 4.52. The third-order valence-electron chi connectivity index (χ3n) is 3.48. The van der Waals surface area contributed by atoms with Gasteiger partial charge < -0.3 is 5.73 Å². The highest BCUT2D eigenvalue weighted by Crippen LogP contribution is 2.31. The first-order valence-corrected chi connectivity index (χ1v) is 7.23. The number of benzene rings is 1. The van der Waals surface area contributed by atoms with Gasteiger partial charge in [0.05, 0.1) is 10.6 Å². The zero-order chi connectivity index (χ0) is 14.2. The van der Waals surface area contributed by atoms with E-state index < -0.39 is 0 Å². The van der Waals surface area contributed by atoms with Crippen molar-refractivity contribution in [3.8, 4) is 0 Å². The molecule has 0 saturated carbocycles. The number of rotatable bonds is 3. The minimum absolute atomic E-state index is 0.0228. The van der Waals surface area contributed by atoms with Crippen LogP contribution in [0.15, 0.2) is 24.3 Å². The van der Waals surface area contributed by atoms with Gasteiger partial charge in [0.2, 0.25) is 0 Å². The molecule has 0 spiro atoms. The Morgan fingerprint density at radius 1 is 1.16 bits per heavy atom. The molecule has 0 unspecified atom stereocenters. The molecule has 2 rings (SSSR count). The van der Waals surface area contributed by atoms with Crippen LogP contribution >= 0.6 is 11.3 Å². The maximum Gasteiger partial charge on any atom is 0.196 e. The van der Waals surface area contributed by atoms with Crippen molar-refractivity contribution in [3.05, 3.63) is 51.4 Å². The summed E-state index contributed by atoms with van der Waals surface area (Å²) in [6.07, 6.45) is 0. The fourth-order valence-electron chi connectivity index (χ4n) is 2.10. The van der Waals surface area contributed by atoms with Crippen LogP contribution in [0.2, 0.25) is 0 Å². The second-order valence-electron chi connectivity index (χ2n) is 5.13. The number of aryl methyl sites for hydroxylation is 1. The van der Waals surface area contributed by atoms with Crippen molar-refractivity contribution in [2.75, 3.05) is 5.73 Å². The van der Waals surface area contributed by atoms with Crippen LogP contribution in [0.5, 0.6) is 0 Å². The van der Waals surface area contributed by atoms with Crippen molar-refractivity contribution in [1.29, 1.82) is 0 Å². The highest BCUT2D eigenvalue weighted by Gasteiger charge is 2.19. The van der Waals surface area contributed by atoms with Crippen LogP contribution < -0.4 is 5.73 Å². The van der Waals surface area contributed by atoms with E-state index in [2.05, 4.69) is 13.8 Å². The summed E-state index contributed by atoms with van der Waals surface area (Å²) in [4.78, 5) is 13.6. The van der Waals surface area contributed by atoms with E-state index in [1.807, 2.05) is 38.1 Å². The van der Waals surface area contributed by atoms with E-state index in [4.69, 9.17) is 5.73 Å². The molecule has 0 radical (unpaired) electrons. The molecule has 100 valence electrons. The number of ketones is 1. The Hall–Kier alpha value is -1.61. The second kappa shape index (κ2) is 5.17. The van der Waals surface area contributed by atoms with Gasteiger partial charge in [-0.15, -0.1) is 11.3 Å². The third kappa shape index (κ3) is 2.56. The predicted molar refractivity (Wildman–Crippen MR) is 82.2 cm³/mol. The lowest BCUT2D eigenvalue weighted by atomic mass is 9.97. The van der Waals surface area contributed by atoms with Crippen molar-refractivity contribution in [2.24, 2.45) is 0 Å². The van der Waals surface area contributed by atoms with E-state index in [1.165, 1.54) is 16.9 Å². The van der Waals surface area contributed by atoms with Crippen molar-refractivity contribution in [1.82, 2.24) is 0 Å². The fourth-order valence-corrected chi connectivity index (χ4v) is 3.03. The zero-order valence-corrected chi connectivity index (χ0v) is 12.6. The number of hydrogen-bond acceptors (Lipinski definition) is 3. The average molecular weight is 273 g/mol. The molecule has 0 aliphatic carbocycles. The molecule has 1 aromatic carbocycles. The van der Waals surface area contributed by atoms with Crippen LogP contribution in [0.3, 0.4) is 0 Å². The summed E-state index contributed by atoms with van der Waals surface area (Å²) in [7, 11) is 0. The smallest absolute Gasteiger partial charge is 0.196 e. The first-order chi connectivity index (χ1) is 8.91. The molecule has 0 aliphatic heterocycles. The highest BCUT2D eigenvalue weighted by molar-refractivity contribution is 7.16. The van der Waals surface area contributed by atoms with Crippen LogP contribution in [0.1, 0.15) is 51.7 Å². The molecule has 19 heavy (non-hydrogen) atoms. The molecule has 0 bridgehead atoms. The number of nitrogen functional groups attached to an aromatic ring is 1. The number of nitrogens with two attached hydrogens (primary N) is 1. The topological polar surface area (TPSA) is 43.1 Å². The molecule has 0 fully saturated rings. The summed E-state index contributed by atoms with van der Waals surface area (Å²) in [5.74, 6) is 0.494. The lowest BCUT2D eigenvalue weighted by molar-refractivity contribution is 0.103. The van der Waals surface area contributed by atoms with Crippen molar-refractivity contribution in [2.45, 2.75) is 33.6 Å². The molecule has 2 aromatic rings. The van der Waals surface area contributed by atoms with Gasteiger partial charge in [0.15, 0.2) is 5.78 Å². The second-order valence-corrected chi connectivity index (χ2v) is 6.38. The minimum atomic E-state index is 0.0228. The molecule has 0 aliphatic rings. The normalized spacial score (nSPS) is 11.0. The van der Waals surface area contributed by atoms with Gasteiger partial charge in [-0.05, 0) is 30.9 Å². The summed E-state index contributed by atoms with van der Waals surface area (Å²) < 4.78 is 0. The Morgan fingerprint density at radius 3 is 2.16 bits per heavy atom. The maximum absolute atomic E-state index is 12.5. The predicted octanol–water partition coefficient (Wildman–Crippen LogP) is 4.30. The number of carbonyl (C=O) groups is 1. The van der Waals surface area contributed by atoms with Crippen LogP contribution in [0, 0.1) is 13.8 Å². The lowest BCUT2D eigenvalue weighted by Gasteiger charge is -2.07. The Kier molecular flexibility index (Phi) is 3.76. The molecule has 0 saturated heterocycles. The Balaban J connectivity index is 2.39. The van der Waals surface area contributed by atoms with Gasteiger partial charge in [-0.2, -0.15) is 0 Å². The first-order valence-electron chi connectivity index (χ1n) is 6.42. The molecule has 2 nitrogen and oxygen atoms in total. The Labute approximate surface area is 118 Å². The maximum atomic E-state index is 12.5. The zero-order valence-electron chi connectivity index (χ0n) is 11.8. The molecule has 3 heteroatoms. The molecule has 0 atom stereocenters. The Morgan fingerprint density at radius 2 is 1.74 bits per heavy atom. The molecular formula is C16H19NOS. The van der Waals surface area contributed by atoms with Crippen LogP contribution in [0.4, 0.5) is 5.00 Å². The van der Waals surface area contributed by atoms with E-state index in [0.29, 0.717) is 22.0 Å². The molecule has 2 N–H and O–H groups in total. The molecular weight excluding hydrogens is 254 g/mol. The SMILES string of the molecule is Cc1sc(N)c(C(=O)c2ccc(C(C)C)cc2)c1C. The van der Waals surface area contributed by atoms with Gasteiger partial charge >= 0.3 is 0 Å². The summed E-state index contributed by atoms with van der Waals surface area (Å²) in [5, 5.41) is 0.618. The van der Waals surface area contributed by atoms with Gasteiger partial charge in [-0.25, -0.2) is 0 Å². The quantitative estimate of drug-likeness (QED) is 0.847. The molecule has 1 heterocycles. The number of hydrogen-bond donors (Lipinski definition) is 1. The van der Waals surface area contributed by atoms with Gasteiger partial charge in [-0.1, -0.05) is 38.1 Å². The fraction of sp³-hybridized carbons (Fsp3) is 0.312. The monoisotopic (exact) mass is 273 g/mol. The largest absolute Gasteiger partial charge is 0.390 e. The first kappa shape index (κ1) is 13.8. The summed E-state index contributed by atoms with van der Waals surface area (Å²) in [6, 6.07) is 7.82. The highest BCUT2D eigenvalue weighted by atomic mass is 32.1. The summed E-state index contributed by atoms with van der Waals surface area (Å²) >= 11 is 1.48. The standard InChI is InChI=1S/C16H19NOS/c1-9(2)12-5-7-13(8-6-12)15(18)14-10(3)11(4)19-16(14)17/h5-9H,17H2,1-4H3. The van der Waals surface area contributed by atoms with Crippen molar-refractivity contribution < 1.29 is 4.79 Å². The van der Waals surface area contributed by atoms with Gasteiger partial charge in [0.25, 0.3) is 0 Å². The lowest BCUT2D eigenvalue weighted by Crippen LogP contribution is -2.05. The summed E-state index contributed by atoms with van der Waals surface area (Å²) in [6.45, 7) is 8.23. The van der Waals surface area contributed by atoms with E-state index in [-0.39, 0.29) is 5.78 Å². The Bertz CT molecular complexity index is 608. The van der Waals surface area contributed by atoms with Gasteiger partial charge in [0.1, 0.15) is 0 Å².